The molecule has 6 nitrogen and oxygen atoms in total. The molecule has 0 saturated carbocycles. The molecule has 6 heteroatoms. The van der Waals surface area contributed by atoms with E-state index in [1.807, 2.05) is 49.4 Å². The summed E-state index contributed by atoms with van der Waals surface area (Å²) in [5, 5.41) is 13.2. The van der Waals surface area contributed by atoms with Crippen molar-refractivity contribution in [3.63, 3.8) is 0 Å². The van der Waals surface area contributed by atoms with Gasteiger partial charge in [-0.2, -0.15) is 10.4 Å². The van der Waals surface area contributed by atoms with Gasteiger partial charge >= 0.3 is 0 Å². The highest BCUT2D eigenvalue weighted by molar-refractivity contribution is 5.95. The van der Waals surface area contributed by atoms with E-state index < -0.39 is 0 Å². The predicted molar refractivity (Wildman–Crippen MR) is 119 cm³/mol. The van der Waals surface area contributed by atoms with Gasteiger partial charge in [-0.1, -0.05) is 37.3 Å². The maximum Gasteiger partial charge on any atom is 0.271 e. The average Bonchev–Trinajstić information content (AvgIpc) is 2.82. The Hall–Kier alpha value is -4.11. The number of nitriles is 1. The molecule has 156 valence electrons. The minimum Gasteiger partial charge on any atom is -0.494 e. The van der Waals surface area contributed by atoms with E-state index >= 15 is 0 Å². The van der Waals surface area contributed by atoms with Crippen LogP contribution in [-0.2, 0) is 6.61 Å². The Morgan fingerprint density at radius 1 is 1.03 bits per heavy atom. The van der Waals surface area contributed by atoms with E-state index in [0.717, 1.165) is 23.3 Å². The highest BCUT2D eigenvalue weighted by Crippen LogP contribution is 2.16. The SMILES string of the molecule is CCCOc1ccc(C(=O)N/N=C/c2cccc(OCc3ccccc3C#N)c2)cc1. The molecule has 0 radical (unpaired) electrons. The Bertz CT molecular complexity index is 1090. The first kappa shape index (κ1) is 21.6. The largest absolute Gasteiger partial charge is 0.494 e. The minimum absolute atomic E-state index is 0.291. The Morgan fingerprint density at radius 2 is 1.84 bits per heavy atom. The van der Waals surface area contributed by atoms with Crippen LogP contribution in [0.15, 0.2) is 77.9 Å². The van der Waals surface area contributed by atoms with Gasteiger partial charge in [0.1, 0.15) is 18.1 Å². The van der Waals surface area contributed by atoms with E-state index in [-0.39, 0.29) is 5.91 Å². The number of hydrogen-bond donors (Lipinski definition) is 1. The molecule has 0 saturated heterocycles. The molecule has 3 aromatic carbocycles. The molecule has 0 aliphatic rings. The maximum absolute atomic E-state index is 12.2. The lowest BCUT2D eigenvalue weighted by Gasteiger charge is -2.08. The van der Waals surface area contributed by atoms with Gasteiger partial charge < -0.3 is 9.47 Å². The normalized spacial score (nSPS) is 10.5. The first-order chi connectivity index (χ1) is 15.2. The number of nitrogens with zero attached hydrogens (tertiary/aromatic N) is 2. The zero-order valence-corrected chi connectivity index (χ0v) is 17.2. The lowest BCUT2D eigenvalue weighted by atomic mass is 10.1. The van der Waals surface area contributed by atoms with E-state index in [1.54, 1.807) is 36.5 Å². The van der Waals surface area contributed by atoms with Crippen molar-refractivity contribution in [2.24, 2.45) is 5.10 Å². The lowest BCUT2D eigenvalue weighted by molar-refractivity contribution is 0.0955. The molecular formula is C25H23N3O3. The number of carbonyl (C=O) groups excluding carboxylic acids is 1. The van der Waals surface area contributed by atoms with Crippen molar-refractivity contribution in [3.05, 3.63) is 95.1 Å². The number of carbonyl (C=O) groups is 1. The van der Waals surface area contributed by atoms with Crippen LogP contribution in [0.25, 0.3) is 0 Å². The molecule has 1 amide bonds. The second-order valence-corrected chi connectivity index (χ2v) is 6.70. The van der Waals surface area contributed by atoms with Crippen LogP contribution in [-0.4, -0.2) is 18.7 Å². The van der Waals surface area contributed by atoms with Crippen molar-refractivity contribution in [3.8, 4) is 17.6 Å². The Labute approximate surface area is 181 Å². The molecule has 0 unspecified atom stereocenters. The molecule has 0 atom stereocenters. The van der Waals surface area contributed by atoms with E-state index in [9.17, 15) is 4.79 Å². The molecule has 0 spiro atoms. The first-order valence-electron chi connectivity index (χ1n) is 9.96. The summed E-state index contributed by atoms with van der Waals surface area (Å²) in [5.41, 5.74) is 5.20. The van der Waals surface area contributed by atoms with Gasteiger partial charge in [0.2, 0.25) is 0 Å². The fourth-order valence-electron chi connectivity index (χ4n) is 2.75. The molecule has 0 heterocycles. The zero-order chi connectivity index (χ0) is 21.9. The van der Waals surface area contributed by atoms with E-state index in [4.69, 9.17) is 14.7 Å². The number of nitrogens with one attached hydrogen (secondary N) is 1. The van der Waals surface area contributed by atoms with Gasteiger partial charge in [0, 0.05) is 11.1 Å². The van der Waals surface area contributed by atoms with Crippen LogP contribution in [0.4, 0.5) is 0 Å². The number of hydrazone groups is 1. The summed E-state index contributed by atoms with van der Waals surface area (Å²) in [7, 11) is 0. The average molecular weight is 413 g/mol. The summed E-state index contributed by atoms with van der Waals surface area (Å²) < 4.78 is 11.3. The lowest BCUT2D eigenvalue weighted by Crippen LogP contribution is -2.17. The standard InChI is InChI=1S/C25H23N3O3/c1-2-14-30-23-12-10-20(11-13-23)25(29)28-27-17-19-6-5-9-24(15-19)31-18-22-8-4-3-7-21(22)16-26/h3-13,15,17H,2,14,18H2,1H3,(H,28,29)/b27-17+. The second-order valence-electron chi connectivity index (χ2n) is 6.70. The third-order valence-corrected chi connectivity index (χ3v) is 4.36. The fourth-order valence-corrected chi connectivity index (χ4v) is 2.75. The summed E-state index contributed by atoms with van der Waals surface area (Å²) in [6, 6.07) is 23.7. The quantitative estimate of drug-likeness (QED) is 0.407. The number of ether oxygens (including phenoxy) is 2. The summed E-state index contributed by atoms with van der Waals surface area (Å²) in [6.07, 6.45) is 2.48. The summed E-state index contributed by atoms with van der Waals surface area (Å²) in [5.74, 6) is 1.07. The number of hydrogen-bond acceptors (Lipinski definition) is 5. The van der Waals surface area contributed by atoms with Crippen LogP contribution < -0.4 is 14.9 Å². The van der Waals surface area contributed by atoms with E-state index in [2.05, 4.69) is 16.6 Å². The monoisotopic (exact) mass is 413 g/mol. The Morgan fingerprint density at radius 3 is 2.61 bits per heavy atom. The molecule has 0 bridgehead atoms. The van der Waals surface area contributed by atoms with Crippen LogP contribution in [0.3, 0.4) is 0 Å². The summed E-state index contributed by atoms with van der Waals surface area (Å²) in [6.45, 7) is 2.97. The molecule has 1 N–H and O–H groups in total. The van der Waals surface area contributed by atoms with Gasteiger partial charge in [-0.3, -0.25) is 4.79 Å². The van der Waals surface area contributed by atoms with E-state index in [0.29, 0.717) is 30.1 Å². The molecule has 31 heavy (non-hydrogen) atoms. The zero-order valence-electron chi connectivity index (χ0n) is 17.2. The van der Waals surface area contributed by atoms with Crippen molar-refractivity contribution in [1.82, 2.24) is 5.43 Å². The van der Waals surface area contributed by atoms with Gasteiger partial charge in [-0.15, -0.1) is 0 Å². The minimum atomic E-state index is -0.307. The van der Waals surface area contributed by atoms with Crippen LogP contribution >= 0.6 is 0 Å². The van der Waals surface area contributed by atoms with Crippen molar-refractivity contribution >= 4 is 12.1 Å². The molecular weight excluding hydrogens is 390 g/mol. The smallest absolute Gasteiger partial charge is 0.271 e. The van der Waals surface area contributed by atoms with Crippen molar-refractivity contribution in [2.75, 3.05) is 6.61 Å². The molecule has 0 aliphatic carbocycles. The van der Waals surface area contributed by atoms with Gasteiger partial charge in [0.25, 0.3) is 5.91 Å². The molecule has 0 fully saturated rings. The van der Waals surface area contributed by atoms with Gasteiger partial charge in [-0.25, -0.2) is 5.43 Å². The Balaban J connectivity index is 1.55. The highest BCUT2D eigenvalue weighted by atomic mass is 16.5. The van der Waals surface area contributed by atoms with Crippen molar-refractivity contribution in [2.45, 2.75) is 20.0 Å². The number of amides is 1. The van der Waals surface area contributed by atoms with E-state index in [1.165, 1.54) is 0 Å². The van der Waals surface area contributed by atoms with Crippen LogP contribution in [0.5, 0.6) is 11.5 Å². The molecule has 0 aromatic heterocycles. The summed E-state index contributed by atoms with van der Waals surface area (Å²) in [4.78, 5) is 12.2. The van der Waals surface area contributed by atoms with Crippen LogP contribution in [0, 0.1) is 11.3 Å². The molecule has 0 aliphatic heterocycles. The maximum atomic E-state index is 12.2. The fraction of sp³-hybridized carbons (Fsp3) is 0.160. The van der Waals surface area contributed by atoms with Gasteiger partial charge in [0.15, 0.2) is 0 Å². The van der Waals surface area contributed by atoms with Crippen LogP contribution in [0.1, 0.15) is 40.4 Å². The Kier molecular flexibility index (Phi) is 7.78. The molecule has 3 aromatic rings. The molecule has 3 rings (SSSR count). The van der Waals surface area contributed by atoms with Crippen LogP contribution in [0.2, 0.25) is 0 Å². The van der Waals surface area contributed by atoms with Crippen molar-refractivity contribution in [1.29, 1.82) is 5.26 Å². The third kappa shape index (κ3) is 6.44. The van der Waals surface area contributed by atoms with Gasteiger partial charge in [0.05, 0.1) is 24.5 Å². The topological polar surface area (TPSA) is 83.7 Å². The third-order valence-electron chi connectivity index (χ3n) is 4.36. The number of rotatable bonds is 9. The summed E-state index contributed by atoms with van der Waals surface area (Å²) >= 11 is 0. The number of benzene rings is 3. The second kappa shape index (κ2) is 11.2. The van der Waals surface area contributed by atoms with Crippen molar-refractivity contribution < 1.29 is 14.3 Å². The predicted octanol–water partition coefficient (Wildman–Crippen LogP) is 4.69. The van der Waals surface area contributed by atoms with Gasteiger partial charge in [-0.05, 0) is 54.4 Å². The highest BCUT2D eigenvalue weighted by Gasteiger charge is 2.05. The first-order valence-corrected chi connectivity index (χ1v) is 9.96.